The van der Waals surface area contributed by atoms with E-state index in [0.717, 1.165) is 6.20 Å². The van der Waals surface area contributed by atoms with E-state index in [1.807, 2.05) is 0 Å². The van der Waals surface area contributed by atoms with Crippen LogP contribution in [0.4, 0.5) is 5.69 Å². The first-order valence-electron chi connectivity index (χ1n) is 4.10. The summed E-state index contributed by atoms with van der Waals surface area (Å²) in [5, 5.41) is 21.6. The molecule has 0 aliphatic rings. The SMILES string of the molecule is O=C(O)c1cc(Cl)ccc1N/C=C\[N+](=O)[O-]. The van der Waals surface area contributed by atoms with Gasteiger partial charge in [-0.2, -0.15) is 0 Å². The van der Waals surface area contributed by atoms with Crippen LogP contribution in [0.5, 0.6) is 0 Å². The Kier molecular flexibility index (Phi) is 3.84. The minimum Gasteiger partial charge on any atom is -0.478 e. The van der Waals surface area contributed by atoms with Gasteiger partial charge in [0.2, 0.25) is 6.20 Å². The molecule has 0 spiro atoms. The summed E-state index contributed by atoms with van der Waals surface area (Å²) in [5.41, 5.74) is 0.176. The van der Waals surface area contributed by atoms with E-state index < -0.39 is 10.9 Å². The first-order chi connectivity index (χ1) is 7.50. The Balaban J connectivity index is 2.95. The molecule has 0 heterocycles. The number of nitrogens with one attached hydrogen (secondary N) is 1. The molecule has 0 aliphatic heterocycles. The highest BCUT2D eigenvalue weighted by Crippen LogP contribution is 2.20. The van der Waals surface area contributed by atoms with Gasteiger partial charge in [-0.25, -0.2) is 4.79 Å². The zero-order chi connectivity index (χ0) is 12.1. The smallest absolute Gasteiger partial charge is 0.337 e. The number of nitrogens with zero attached hydrogens (tertiary/aromatic N) is 1. The van der Waals surface area contributed by atoms with Crippen LogP contribution in [-0.2, 0) is 0 Å². The van der Waals surface area contributed by atoms with Crippen LogP contribution in [0.3, 0.4) is 0 Å². The van der Waals surface area contributed by atoms with Gasteiger partial charge in [0, 0.05) is 5.02 Å². The van der Waals surface area contributed by atoms with Crippen molar-refractivity contribution >= 4 is 23.3 Å². The maximum absolute atomic E-state index is 10.8. The average Bonchev–Trinajstić information content (AvgIpc) is 2.19. The molecule has 0 bridgehead atoms. The Hall–Kier alpha value is -2.08. The largest absolute Gasteiger partial charge is 0.478 e. The number of carboxylic acids is 1. The molecule has 0 aliphatic carbocycles. The fourth-order valence-electron chi connectivity index (χ4n) is 1.01. The van der Waals surface area contributed by atoms with Crippen molar-refractivity contribution in [3.05, 3.63) is 51.3 Å². The van der Waals surface area contributed by atoms with E-state index >= 15 is 0 Å². The van der Waals surface area contributed by atoms with Crippen LogP contribution in [0.25, 0.3) is 0 Å². The molecular weight excluding hydrogens is 236 g/mol. The van der Waals surface area contributed by atoms with E-state index in [1.165, 1.54) is 18.2 Å². The molecule has 0 unspecified atom stereocenters. The summed E-state index contributed by atoms with van der Waals surface area (Å²) in [6, 6.07) is 4.17. The number of rotatable bonds is 4. The number of aromatic carboxylic acids is 1. The molecule has 6 nitrogen and oxygen atoms in total. The Labute approximate surface area is 95.3 Å². The second-order valence-electron chi connectivity index (χ2n) is 2.74. The standard InChI is InChI=1S/C9H7ClN2O4/c10-6-1-2-8(7(5-6)9(13)14)11-3-4-12(15)16/h1-5,11H,(H,13,14)/b4-3-. The van der Waals surface area contributed by atoms with Crippen molar-refractivity contribution in [3.63, 3.8) is 0 Å². The van der Waals surface area contributed by atoms with Crippen molar-refractivity contribution in [3.8, 4) is 0 Å². The van der Waals surface area contributed by atoms with Gasteiger partial charge in [-0.05, 0) is 18.2 Å². The van der Waals surface area contributed by atoms with Crippen LogP contribution in [-0.4, -0.2) is 16.0 Å². The summed E-state index contributed by atoms with van der Waals surface area (Å²) in [5.74, 6) is -1.17. The maximum Gasteiger partial charge on any atom is 0.337 e. The van der Waals surface area contributed by atoms with Gasteiger partial charge in [-0.3, -0.25) is 10.1 Å². The van der Waals surface area contributed by atoms with Crippen molar-refractivity contribution in [2.45, 2.75) is 0 Å². The normalized spacial score (nSPS) is 10.3. The average molecular weight is 243 g/mol. The highest BCUT2D eigenvalue weighted by atomic mass is 35.5. The highest BCUT2D eigenvalue weighted by Gasteiger charge is 2.09. The van der Waals surface area contributed by atoms with Crippen LogP contribution in [0.15, 0.2) is 30.6 Å². The minimum atomic E-state index is -1.17. The summed E-state index contributed by atoms with van der Waals surface area (Å²) in [7, 11) is 0. The summed E-state index contributed by atoms with van der Waals surface area (Å²) < 4.78 is 0. The Morgan fingerprint density at radius 1 is 1.56 bits per heavy atom. The lowest BCUT2D eigenvalue weighted by Crippen LogP contribution is -2.02. The van der Waals surface area contributed by atoms with Crippen LogP contribution in [0.2, 0.25) is 5.02 Å². The molecule has 7 heteroatoms. The van der Waals surface area contributed by atoms with Crippen molar-refractivity contribution in [1.29, 1.82) is 0 Å². The van der Waals surface area contributed by atoms with E-state index in [4.69, 9.17) is 16.7 Å². The summed E-state index contributed by atoms with van der Waals surface area (Å²) in [4.78, 5) is 20.2. The number of carbonyl (C=O) groups is 1. The Bertz CT molecular complexity index is 459. The molecule has 84 valence electrons. The lowest BCUT2D eigenvalue weighted by atomic mass is 10.2. The summed E-state index contributed by atoms with van der Waals surface area (Å²) >= 11 is 5.63. The first kappa shape index (κ1) is 12.0. The van der Waals surface area contributed by atoms with Gasteiger partial charge >= 0.3 is 5.97 Å². The van der Waals surface area contributed by atoms with Crippen LogP contribution >= 0.6 is 11.6 Å². The van der Waals surface area contributed by atoms with Gasteiger partial charge in [0.15, 0.2) is 0 Å². The quantitative estimate of drug-likeness (QED) is 0.624. The van der Waals surface area contributed by atoms with Gasteiger partial charge in [0.1, 0.15) is 0 Å². The predicted octanol–water partition coefficient (Wildman–Crippen LogP) is 2.20. The van der Waals surface area contributed by atoms with E-state index in [2.05, 4.69) is 5.32 Å². The van der Waals surface area contributed by atoms with E-state index in [-0.39, 0.29) is 16.3 Å². The van der Waals surface area contributed by atoms with Gasteiger partial charge in [-0.15, -0.1) is 0 Å². The topological polar surface area (TPSA) is 92.5 Å². The monoisotopic (exact) mass is 242 g/mol. The number of anilines is 1. The highest BCUT2D eigenvalue weighted by molar-refractivity contribution is 6.31. The molecule has 0 aromatic heterocycles. The number of nitro groups is 1. The zero-order valence-corrected chi connectivity index (χ0v) is 8.64. The summed E-state index contributed by atoms with van der Waals surface area (Å²) in [6.45, 7) is 0. The molecule has 2 N–H and O–H groups in total. The second-order valence-corrected chi connectivity index (χ2v) is 3.18. The first-order valence-corrected chi connectivity index (χ1v) is 4.48. The molecule has 1 aromatic rings. The Morgan fingerprint density at radius 2 is 2.25 bits per heavy atom. The van der Waals surface area contributed by atoms with Gasteiger partial charge in [-0.1, -0.05) is 11.6 Å². The number of carboxylic acid groups (broad SMARTS) is 1. The van der Waals surface area contributed by atoms with Crippen molar-refractivity contribution in [2.24, 2.45) is 0 Å². The fourth-order valence-corrected chi connectivity index (χ4v) is 1.18. The third-order valence-electron chi connectivity index (χ3n) is 1.65. The lowest BCUT2D eigenvalue weighted by molar-refractivity contribution is -0.402. The number of halogens is 1. The molecule has 0 saturated carbocycles. The zero-order valence-electron chi connectivity index (χ0n) is 7.88. The second kappa shape index (κ2) is 5.13. The van der Waals surface area contributed by atoms with Gasteiger partial charge in [0.25, 0.3) is 0 Å². The minimum absolute atomic E-state index is 0.0551. The molecule has 1 rings (SSSR count). The summed E-state index contributed by atoms with van der Waals surface area (Å²) in [6.07, 6.45) is 1.70. The van der Waals surface area contributed by atoms with Crippen LogP contribution in [0, 0.1) is 10.1 Å². The van der Waals surface area contributed by atoms with Crippen LogP contribution in [0.1, 0.15) is 10.4 Å². The van der Waals surface area contributed by atoms with Crippen LogP contribution < -0.4 is 5.32 Å². The number of hydrogen-bond acceptors (Lipinski definition) is 4. The van der Waals surface area contributed by atoms with E-state index in [0.29, 0.717) is 6.20 Å². The molecule has 0 saturated heterocycles. The maximum atomic E-state index is 10.8. The molecule has 16 heavy (non-hydrogen) atoms. The third-order valence-corrected chi connectivity index (χ3v) is 1.88. The molecule has 1 aromatic carbocycles. The Morgan fingerprint density at radius 3 is 2.81 bits per heavy atom. The van der Waals surface area contributed by atoms with E-state index in [1.54, 1.807) is 0 Å². The molecule has 0 fully saturated rings. The molecule has 0 atom stereocenters. The fraction of sp³-hybridized carbons (Fsp3) is 0. The molecule has 0 amide bonds. The van der Waals surface area contributed by atoms with Crippen molar-refractivity contribution in [1.82, 2.24) is 0 Å². The predicted molar refractivity (Wildman–Crippen MR) is 58.2 cm³/mol. The van der Waals surface area contributed by atoms with Crippen molar-refractivity contribution < 1.29 is 14.8 Å². The third kappa shape index (κ3) is 3.25. The number of hydrogen-bond donors (Lipinski definition) is 2. The molecular formula is C9H7ClN2O4. The van der Waals surface area contributed by atoms with Gasteiger partial charge < -0.3 is 10.4 Å². The van der Waals surface area contributed by atoms with E-state index in [9.17, 15) is 14.9 Å². The lowest BCUT2D eigenvalue weighted by Gasteiger charge is -2.04. The number of benzene rings is 1. The van der Waals surface area contributed by atoms with Crippen molar-refractivity contribution in [2.75, 3.05) is 5.32 Å². The van der Waals surface area contributed by atoms with Gasteiger partial charge in [0.05, 0.1) is 22.4 Å². The molecule has 0 radical (unpaired) electrons.